The topological polar surface area (TPSA) is 12.0 Å². The highest BCUT2D eigenvalue weighted by atomic mass is 19.4. The Labute approximate surface area is 117 Å². The molecule has 1 nitrogen and oxygen atoms in total. The van der Waals surface area contributed by atoms with Crippen LogP contribution in [0.2, 0.25) is 0 Å². The first-order chi connectivity index (χ1) is 9.48. The Morgan fingerprint density at radius 1 is 1.05 bits per heavy atom. The van der Waals surface area contributed by atoms with Gasteiger partial charge in [-0.2, -0.15) is 26.3 Å². The van der Waals surface area contributed by atoms with Crippen LogP contribution < -0.4 is 5.32 Å². The molecule has 21 heavy (non-hydrogen) atoms. The Morgan fingerprint density at radius 2 is 1.57 bits per heavy atom. The van der Waals surface area contributed by atoms with Crippen LogP contribution in [0.5, 0.6) is 0 Å². The zero-order chi connectivity index (χ0) is 16.4. The maximum atomic E-state index is 13.2. The molecule has 8 heteroatoms. The maximum Gasteiger partial charge on any atom is 0.402 e. The quantitative estimate of drug-likeness (QED) is 0.805. The standard InChI is InChI=1S/C13H14F7N/c1-3-21-10(8-4-5-9(14)7(2)6-8)11(12(15,16)17)13(18,19)20/h4-6,10-11,21H,3H2,1-2H3. The predicted octanol–water partition coefficient (Wildman–Crippen LogP) is 4.53. The van der Waals surface area contributed by atoms with E-state index in [4.69, 9.17) is 0 Å². The zero-order valence-electron chi connectivity index (χ0n) is 11.2. The molecule has 1 aromatic rings. The average molecular weight is 317 g/mol. The Bertz CT molecular complexity index is 464. The molecule has 0 aromatic heterocycles. The van der Waals surface area contributed by atoms with Crippen molar-refractivity contribution in [2.75, 3.05) is 6.54 Å². The van der Waals surface area contributed by atoms with Crippen LogP contribution in [0.15, 0.2) is 18.2 Å². The van der Waals surface area contributed by atoms with E-state index in [2.05, 4.69) is 5.32 Å². The lowest BCUT2D eigenvalue weighted by molar-refractivity contribution is -0.292. The molecule has 0 saturated heterocycles. The van der Waals surface area contributed by atoms with Crippen LogP contribution >= 0.6 is 0 Å². The molecule has 0 aliphatic carbocycles. The molecule has 120 valence electrons. The van der Waals surface area contributed by atoms with Gasteiger partial charge in [0.1, 0.15) is 5.82 Å². The largest absolute Gasteiger partial charge is 0.402 e. The van der Waals surface area contributed by atoms with Crippen molar-refractivity contribution in [1.29, 1.82) is 0 Å². The van der Waals surface area contributed by atoms with Crippen molar-refractivity contribution < 1.29 is 30.7 Å². The van der Waals surface area contributed by atoms with E-state index in [0.29, 0.717) is 0 Å². The van der Waals surface area contributed by atoms with Crippen molar-refractivity contribution in [2.24, 2.45) is 5.92 Å². The van der Waals surface area contributed by atoms with E-state index >= 15 is 0 Å². The van der Waals surface area contributed by atoms with E-state index in [1.807, 2.05) is 0 Å². The first-order valence-corrected chi connectivity index (χ1v) is 6.11. The lowest BCUT2D eigenvalue weighted by atomic mass is 9.90. The normalized spacial score (nSPS) is 14.6. The van der Waals surface area contributed by atoms with Crippen molar-refractivity contribution >= 4 is 0 Å². The maximum absolute atomic E-state index is 13.2. The zero-order valence-corrected chi connectivity index (χ0v) is 11.2. The number of rotatable bonds is 4. The van der Waals surface area contributed by atoms with Gasteiger partial charge in [-0.25, -0.2) is 4.39 Å². The van der Waals surface area contributed by atoms with Crippen LogP contribution in [0, 0.1) is 18.7 Å². The van der Waals surface area contributed by atoms with Gasteiger partial charge >= 0.3 is 12.4 Å². The number of hydrogen-bond donors (Lipinski definition) is 1. The number of halogens is 7. The minimum atomic E-state index is -5.46. The average Bonchev–Trinajstić information content (AvgIpc) is 2.28. The van der Waals surface area contributed by atoms with Gasteiger partial charge in [0.2, 0.25) is 0 Å². The number of hydrogen-bond acceptors (Lipinski definition) is 1. The molecule has 0 radical (unpaired) electrons. The van der Waals surface area contributed by atoms with Gasteiger partial charge in [-0.3, -0.25) is 0 Å². The van der Waals surface area contributed by atoms with Gasteiger partial charge in [0.25, 0.3) is 0 Å². The van der Waals surface area contributed by atoms with E-state index in [9.17, 15) is 30.7 Å². The third-order valence-corrected chi connectivity index (χ3v) is 3.00. The van der Waals surface area contributed by atoms with Crippen molar-refractivity contribution in [3.63, 3.8) is 0 Å². The SMILES string of the molecule is CCNC(c1ccc(F)c(C)c1)C(C(F)(F)F)C(F)(F)F. The molecule has 0 amide bonds. The molecule has 0 saturated carbocycles. The van der Waals surface area contributed by atoms with Crippen LogP contribution in [0.1, 0.15) is 24.1 Å². The van der Waals surface area contributed by atoms with Crippen molar-refractivity contribution in [3.05, 3.63) is 35.1 Å². The summed E-state index contributed by atoms with van der Waals surface area (Å²) in [5.41, 5.74) is -0.270. The molecule has 0 heterocycles. The van der Waals surface area contributed by atoms with E-state index in [1.165, 1.54) is 13.8 Å². The summed E-state index contributed by atoms with van der Waals surface area (Å²) in [4.78, 5) is 0. The number of nitrogens with one attached hydrogen (secondary N) is 1. The van der Waals surface area contributed by atoms with Crippen LogP contribution in [0.25, 0.3) is 0 Å². The summed E-state index contributed by atoms with van der Waals surface area (Å²) in [5, 5.41) is 2.20. The Kier molecular flexibility index (Phi) is 5.25. The minimum absolute atomic E-state index is 0.0153. The first-order valence-electron chi connectivity index (χ1n) is 6.11. The summed E-state index contributed by atoms with van der Waals surface area (Å²) in [6.07, 6.45) is -10.9. The fourth-order valence-corrected chi connectivity index (χ4v) is 2.07. The third kappa shape index (κ3) is 4.33. The van der Waals surface area contributed by atoms with Gasteiger partial charge in [-0.1, -0.05) is 19.1 Å². The summed E-state index contributed by atoms with van der Waals surface area (Å²) in [7, 11) is 0. The minimum Gasteiger partial charge on any atom is -0.309 e. The van der Waals surface area contributed by atoms with Crippen molar-refractivity contribution in [3.8, 4) is 0 Å². The smallest absolute Gasteiger partial charge is 0.309 e. The van der Waals surface area contributed by atoms with Crippen LogP contribution in [-0.4, -0.2) is 18.9 Å². The fourth-order valence-electron chi connectivity index (χ4n) is 2.07. The first kappa shape index (κ1) is 17.7. The predicted molar refractivity (Wildman–Crippen MR) is 63.2 cm³/mol. The summed E-state index contributed by atoms with van der Waals surface area (Å²) in [5.74, 6) is -4.25. The van der Waals surface area contributed by atoms with Crippen molar-refractivity contribution in [1.82, 2.24) is 5.32 Å². The molecule has 1 N–H and O–H groups in total. The molecule has 1 rings (SSSR count). The van der Waals surface area contributed by atoms with Crippen LogP contribution in [0.4, 0.5) is 30.7 Å². The second kappa shape index (κ2) is 6.21. The fraction of sp³-hybridized carbons (Fsp3) is 0.538. The number of benzene rings is 1. The summed E-state index contributed by atoms with van der Waals surface area (Å²) >= 11 is 0. The molecule has 0 spiro atoms. The molecular formula is C13H14F7N. The van der Waals surface area contributed by atoms with Gasteiger partial charge in [0.05, 0.1) is 6.04 Å². The van der Waals surface area contributed by atoms with E-state index in [1.54, 1.807) is 0 Å². The Hall–Kier alpha value is -1.31. The third-order valence-electron chi connectivity index (χ3n) is 3.00. The van der Waals surface area contributed by atoms with Gasteiger partial charge in [0.15, 0.2) is 5.92 Å². The molecule has 1 unspecified atom stereocenters. The monoisotopic (exact) mass is 317 g/mol. The summed E-state index contributed by atoms with van der Waals surface area (Å²) in [6, 6.07) is 0.765. The summed E-state index contributed by atoms with van der Waals surface area (Å²) < 4.78 is 90.1. The molecule has 0 aliphatic heterocycles. The molecule has 1 aromatic carbocycles. The molecule has 1 atom stereocenters. The van der Waals surface area contributed by atoms with Gasteiger partial charge in [-0.05, 0) is 30.7 Å². The second-order valence-electron chi connectivity index (χ2n) is 4.60. The number of aryl methyl sites for hydroxylation is 1. The van der Waals surface area contributed by atoms with E-state index in [0.717, 1.165) is 18.2 Å². The Morgan fingerprint density at radius 3 is 1.95 bits per heavy atom. The molecular weight excluding hydrogens is 303 g/mol. The van der Waals surface area contributed by atoms with Crippen LogP contribution in [-0.2, 0) is 0 Å². The summed E-state index contributed by atoms with van der Waals surface area (Å²) in [6.45, 7) is 2.58. The van der Waals surface area contributed by atoms with Gasteiger partial charge in [0, 0.05) is 0 Å². The molecule has 0 fully saturated rings. The molecule has 0 bridgehead atoms. The highest BCUT2D eigenvalue weighted by molar-refractivity contribution is 5.27. The van der Waals surface area contributed by atoms with Crippen molar-refractivity contribution in [2.45, 2.75) is 32.2 Å². The number of alkyl halides is 6. The van der Waals surface area contributed by atoms with E-state index < -0.39 is 30.1 Å². The van der Waals surface area contributed by atoms with E-state index in [-0.39, 0.29) is 17.7 Å². The Balaban J connectivity index is 3.34. The highest BCUT2D eigenvalue weighted by Crippen LogP contribution is 2.46. The molecule has 0 aliphatic rings. The second-order valence-corrected chi connectivity index (χ2v) is 4.60. The lowest BCUT2D eigenvalue weighted by Crippen LogP contribution is -2.45. The van der Waals surface area contributed by atoms with Crippen LogP contribution in [0.3, 0.4) is 0 Å². The highest BCUT2D eigenvalue weighted by Gasteiger charge is 2.60. The van der Waals surface area contributed by atoms with Gasteiger partial charge < -0.3 is 5.32 Å². The van der Waals surface area contributed by atoms with Gasteiger partial charge in [-0.15, -0.1) is 0 Å². The lowest BCUT2D eigenvalue weighted by Gasteiger charge is -2.31.